The maximum Gasteiger partial charge on any atom is 0.241 e. The quantitative estimate of drug-likeness (QED) is 0.876. The number of rotatable bonds is 5. The topological polar surface area (TPSA) is 50.2 Å². The van der Waals surface area contributed by atoms with E-state index >= 15 is 0 Å². The Morgan fingerprint density at radius 1 is 1.23 bits per heavy atom. The van der Waals surface area contributed by atoms with E-state index in [4.69, 9.17) is 0 Å². The Morgan fingerprint density at radius 2 is 1.77 bits per heavy atom. The Kier molecular flexibility index (Phi) is 4.41. The third kappa shape index (κ3) is 3.08. The van der Waals surface area contributed by atoms with Gasteiger partial charge in [0, 0.05) is 13.6 Å². The Morgan fingerprint density at radius 3 is 2.23 bits per heavy atom. The van der Waals surface area contributed by atoms with Crippen LogP contribution in [0.25, 0.3) is 0 Å². The van der Waals surface area contributed by atoms with E-state index in [1.54, 1.807) is 0 Å². The zero-order valence-corrected chi connectivity index (χ0v) is 17.0. The van der Waals surface area contributed by atoms with E-state index in [0.717, 1.165) is 41.4 Å². The van der Waals surface area contributed by atoms with Gasteiger partial charge < -0.3 is 5.32 Å². The number of aryl methyl sites for hydroxylation is 2. The molecule has 5 rings (SSSR count). The predicted molar refractivity (Wildman–Crippen MR) is 104 cm³/mol. The molecule has 5 heteroatoms. The highest BCUT2D eigenvalue weighted by atomic mass is 16.2. The van der Waals surface area contributed by atoms with Crippen molar-refractivity contribution in [1.29, 1.82) is 0 Å². The first-order chi connectivity index (χ1) is 12.3. The molecule has 0 unspecified atom stereocenters. The van der Waals surface area contributed by atoms with Gasteiger partial charge in [-0.05, 0) is 89.5 Å². The summed E-state index contributed by atoms with van der Waals surface area (Å²) < 4.78 is 1.83. The van der Waals surface area contributed by atoms with Gasteiger partial charge in [0.1, 0.15) is 0 Å². The van der Waals surface area contributed by atoms with E-state index in [0.29, 0.717) is 5.41 Å². The highest BCUT2D eigenvalue weighted by Gasteiger charge is 2.51. The van der Waals surface area contributed by atoms with Crippen LogP contribution >= 0.6 is 0 Å². The number of carbonyl (C=O) groups excluding carboxylic acids is 1. The van der Waals surface area contributed by atoms with Crippen LogP contribution in [-0.2, 0) is 11.8 Å². The first kappa shape index (κ1) is 18.0. The summed E-state index contributed by atoms with van der Waals surface area (Å²) >= 11 is 0. The molecular weight excluding hydrogens is 324 g/mol. The summed E-state index contributed by atoms with van der Waals surface area (Å²) in [5.74, 6) is 2.95. The van der Waals surface area contributed by atoms with Crippen molar-refractivity contribution in [3.05, 3.63) is 11.4 Å². The molecule has 144 valence electrons. The molecule has 1 N–H and O–H groups in total. The lowest BCUT2D eigenvalue weighted by atomic mass is 9.49. The van der Waals surface area contributed by atoms with E-state index in [-0.39, 0.29) is 11.9 Å². The van der Waals surface area contributed by atoms with Gasteiger partial charge in [-0.25, -0.2) is 0 Å². The van der Waals surface area contributed by atoms with E-state index in [1.807, 2.05) is 32.5 Å². The molecule has 0 aromatic carbocycles. The Bertz CT molecular complexity index is 672. The normalized spacial score (nSPS) is 33.7. The lowest BCUT2D eigenvalue weighted by Gasteiger charge is -2.58. The summed E-state index contributed by atoms with van der Waals surface area (Å²) in [6, 6.07) is -0.123. The van der Waals surface area contributed by atoms with Crippen LogP contribution in [0.15, 0.2) is 0 Å². The molecule has 1 aromatic rings. The molecule has 0 saturated heterocycles. The molecule has 4 bridgehead atoms. The van der Waals surface area contributed by atoms with Crippen molar-refractivity contribution in [2.24, 2.45) is 30.2 Å². The third-order valence-corrected chi connectivity index (χ3v) is 7.55. The number of hydrogen-bond acceptors (Lipinski definition) is 3. The molecule has 4 aliphatic rings. The molecule has 0 aliphatic heterocycles. The third-order valence-electron chi connectivity index (χ3n) is 7.55. The lowest BCUT2D eigenvalue weighted by Crippen LogP contribution is -2.53. The standard InChI is InChI=1S/C21H34N4O/c1-13-19(14(2)25(5)23-13)22-20(26)15(3)24(4)12-21-9-16-6-17(10-21)8-18(7-16)11-21/h15-18H,6-12H2,1-5H3,(H,22,26)/t15-,16?,17?,18?,21?/m0/s1. The molecule has 4 saturated carbocycles. The molecule has 0 radical (unpaired) electrons. The van der Waals surface area contributed by atoms with Gasteiger partial charge in [-0.15, -0.1) is 0 Å². The van der Waals surface area contributed by atoms with Crippen molar-refractivity contribution >= 4 is 11.6 Å². The fourth-order valence-corrected chi connectivity index (χ4v) is 6.53. The van der Waals surface area contributed by atoms with Gasteiger partial charge in [-0.1, -0.05) is 0 Å². The Hall–Kier alpha value is -1.36. The van der Waals surface area contributed by atoms with Crippen molar-refractivity contribution in [2.45, 2.75) is 65.3 Å². The summed E-state index contributed by atoms with van der Waals surface area (Å²) in [5.41, 5.74) is 3.23. The minimum Gasteiger partial charge on any atom is -0.322 e. The lowest BCUT2D eigenvalue weighted by molar-refractivity contribution is -0.122. The summed E-state index contributed by atoms with van der Waals surface area (Å²) in [5, 5.41) is 7.53. The van der Waals surface area contributed by atoms with Gasteiger partial charge >= 0.3 is 0 Å². The molecule has 4 aliphatic carbocycles. The van der Waals surface area contributed by atoms with Gasteiger partial charge in [0.05, 0.1) is 23.1 Å². The van der Waals surface area contributed by atoms with Gasteiger partial charge in [-0.2, -0.15) is 5.10 Å². The zero-order chi connectivity index (χ0) is 18.6. The van der Waals surface area contributed by atoms with Crippen LogP contribution in [-0.4, -0.2) is 40.2 Å². The smallest absolute Gasteiger partial charge is 0.241 e. The van der Waals surface area contributed by atoms with Crippen molar-refractivity contribution in [2.75, 3.05) is 18.9 Å². The number of aromatic nitrogens is 2. The SMILES string of the molecule is Cc1nn(C)c(C)c1NC(=O)[C@H](C)N(C)CC12CC3CC(CC(C3)C1)C2. The first-order valence-corrected chi connectivity index (χ1v) is 10.3. The first-order valence-electron chi connectivity index (χ1n) is 10.3. The van der Waals surface area contributed by atoms with Crippen molar-refractivity contribution in [3.63, 3.8) is 0 Å². The number of carbonyl (C=O) groups is 1. The van der Waals surface area contributed by atoms with E-state index in [1.165, 1.54) is 38.5 Å². The average molecular weight is 359 g/mol. The zero-order valence-electron chi connectivity index (χ0n) is 17.0. The van der Waals surface area contributed by atoms with Crippen LogP contribution in [0.5, 0.6) is 0 Å². The summed E-state index contributed by atoms with van der Waals surface area (Å²) in [6.07, 6.45) is 8.57. The highest BCUT2D eigenvalue weighted by Crippen LogP contribution is 2.60. The van der Waals surface area contributed by atoms with Crippen LogP contribution in [0.3, 0.4) is 0 Å². The summed E-state index contributed by atoms with van der Waals surface area (Å²) in [6.45, 7) is 7.05. The predicted octanol–water partition coefficient (Wildman–Crippen LogP) is 3.51. The number of nitrogens with one attached hydrogen (secondary N) is 1. The monoisotopic (exact) mass is 358 g/mol. The maximum atomic E-state index is 12.9. The van der Waals surface area contributed by atoms with Crippen LogP contribution < -0.4 is 5.32 Å². The molecule has 1 amide bonds. The fraction of sp³-hybridized carbons (Fsp3) is 0.810. The number of anilines is 1. The minimum absolute atomic E-state index is 0.0800. The second-order valence-electron chi connectivity index (χ2n) is 9.67. The highest BCUT2D eigenvalue weighted by molar-refractivity contribution is 5.95. The maximum absolute atomic E-state index is 12.9. The number of amides is 1. The van der Waals surface area contributed by atoms with E-state index in [9.17, 15) is 4.79 Å². The number of likely N-dealkylation sites (N-methyl/N-ethyl adjacent to an activating group) is 1. The summed E-state index contributed by atoms with van der Waals surface area (Å²) in [4.78, 5) is 15.2. The largest absolute Gasteiger partial charge is 0.322 e. The van der Waals surface area contributed by atoms with Crippen LogP contribution in [0.1, 0.15) is 56.8 Å². The second kappa shape index (κ2) is 6.36. The van der Waals surface area contributed by atoms with E-state index < -0.39 is 0 Å². The molecule has 4 fully saturated rings. The van der Waals surface area contributed by atoms with Gasteiger partial charge in [0.25, 0.3) is 0 Å². The minimum atomic E-state index is -0.123. The van der Waals surface area contributed by atoms with Crippen LogP contribution in [0, 0.1) is 37.0 Å². The van der Waals surface area contributed by atoms with Gasteiger partial charge in [-0.3, -0.25) is 14.4 Å². The van der Waals surface area contributed by atoms with Gasteiger partial charge in [0.15, 0.2) is 0 Å². The molecule has 1 heterocycles. The molecule has 0 spiro atoms. The van der Waals surface area contributed by atoms with Crippen molar-refractivity contribution in [1.82, 2.24) is 14.7 Å². The Balaban J connectivity index is 1.41. The molecule has 1 aromatic heterocycles. The molecule has 5 nitrogen and oxygen atoms in total. The molecule has 1 atom stereocenters. The number of hydrogen-bond donors (Lipinski definition) is 1. The van der Waals surface area contributed by atoms with Crippen LogP contribution in [0.2, 0.25) is 0 Å². The average Bonchev–Trinajstić information content (AvgIpc) is 2.78. The second-order valence-corrected chi connectivity index (χ2v) is 9.67. The molecule has 26 heavy (non-hydrogen) atoms. The van der Waals surface area contributed by atoms with Crippen molar-refractivity contribution in [3.8, 4) is 0 Å². The van der Waals surface area contributed by atoms with E-state index in [2.05, 4.69) is 22.4 Å². The van der Waals surface area contributed by atoms with Crippen LogP contribution in [0.4, 0.5) is 5.69 Å². The van der Waals surface area contributed by atoms with Gasteiger partial charge in [0.2, 0.25) is 5.91 Å². The summed E-state index contributed by atoms with van der Waals surface area (Å²) in [7, 11) is 4.05. The Labute approximate surface area is 157 Å². The number of nitrogens with zero attached hydrogens (tertiary/aromatic N) is 3. The van der Waals surface area contributed by atoms with Crippen molar-refractivity contribution < 1.29 is 4.79 Å². The molecular formula is C21H34N4O. The fourth-order valence-electron chi connectivity index (χ4n) is 6.53.